The molecule has 2 aliphatic heterocycles. The standard InChI is InChI=1S/C10H21N3/c1-13-6-4-8(7-13)10(11)9-3-2-5-12-9/h8-10,12H,2-7,11H2,1H3. The SMILES string of the molecule is CN1CCC(C(N)C2CCCN2)C1. The van der Waals surface area contributed by atoms with E-state index in [1.165, 1.54) is 38.9 Å². The summed E-state index contributed by atoms with van der Waals surface area (Å²) >= 11 is 0. The number of nitrogens with two attached hydrogens (primary N) is 1. The lowest BCUT2D eigenvalue weighted by Gasteiger charge is -2.25. The smallest absolute Gasteiger partial charge is 0.0235 e. The largest absolute Gasteiger partial charge is 0.326 e. The summed E-state index contributed by atoms with van der Waals surface area (Å²) in [7, 11) is 2.19. The Balaban J connectivity index is 1.85. The van der Waals surface area contributed by atoms with Gasteiger partial charge in [0.1, 0.15) is 0 Å². The summed E-state index contributed by atoms with van der Waals surface area (Å²) in [5, 5.41) is 3.50. The fourth-order valence-corrected chi connectivity index (χ4v) is 2.65. The summed E-state index contributed by atoms with van der Waals surface area (Å²) in [5.74, 6) is 0.723. The van der Waals surface area contributed by atoms with Gasteiger partial charge in [-0.15, -0.1) is 0 Å². The van der Waals surface area contributed by atoms with E-state index in [9.17, 15) is 0 Å². The monoisotopic (exact) mass is 183 g/mol. The van der Waals surface area contributed by atoms with Crippen molar-refractivity contribution in [2.45, 2.75) is 31.3 Å². The van der Waals surface area contributed by atoms with Crippen LogP contribution < -0.4 is 11.1 Å². The van der Waals surface area contributed by atoms with Gasteiger partial charge in [-0.25, -0.2) is 0 Å². The van der Waals surface area contributed by atoms with Gasteiger partial charge in [-0.05, 0) is 45.3 Å². The molecule has 3 N–H and O–H groups in total. The number of nitrogens with one attached hydrogen (secondary N) is 1. The number of likely N-dealkylation sites (tertiary alicyclic amines) is 1. The van der Waals surface area contributed by atoms with E-state index in [-0.39, 0.29) is 0 Å². The molecule has 0 aromatic heterocycles. The molecule has 2 heterocycles. The third-order valence-corrected chi connectivity index (χ3v) is 3.54. The van der Waals surface area contributed by atoms with Gasteiger partial charge < -0.3 is 16.0 Å². The van der Waals surface area contributed by atoms with Crippen molar-refractivity contribution in [2.24, 2.45) is 11.7 Å². The molecular formula is C10H21N3. The number of rotatable bonds is 2. The average Bonchev–Trinajstić information content (AvgIpc) is 2.72. The average molecular weight is 183 g/mol. The van der Waals surface area contributed by atoms with Crippen LogP contribution in [0.1, 0.15) is 19.3 Å². The van der Waals surface area contributed by atoms with Crippen LogP contribution in [-0.4, -0.2) is 43.7 Å². The highest BCUT2D eigenvalue weighted by atomic mass is 15.1. The van der Waals surface area contributed by atoms with E-state index >= 15 is 0 Å². The highest BCUT2D eigenvalue weighted by Crippen LogP contribution is 2.22. The van der Waals surface area contributed by atoms with Crippen molar-refractivity contribution in [1.29, 1.82) is 0 Å². The van der Waals surface area contributed by atoms with Crippen LogP contribution in [0.5, 0.6) is 0 Å². The van der Waals surface area contributed by atoms with Crippen molar-refractivity contribution in [2.75, 3.05) is 26.7 Å². The molecule has 2 aliphatic rings. The molecule has 0 aromatic rings. The van der Waals surface area contributed by atoms with Crippen LogP contribution in [0.3, 0.4) is 0 Å². The Morgan fingerprint density at radius 3 is 2.85 bits per heavy atom. The van der Waals surface area contributed by atoms with Gasteiger partial charge in [-0.3, -0.25) is 0 Å². The molecule has 13 heavy (non-hydrogen) atoms. The molecule has 3 atom stereocenters. The summed E-state index contributed by atoms with van der Waals surface area (Å²) in [4.78, 5) is 2.39. The quantitative estimate of drug-likeness (QED) is 0.634. The molecule has 0 radical (unpaired) electrons. The summed E-state index contributed by atoms with van der Waals surface area (Å²) < 4.78 is 0. The minimum Gasteiger partial charge on any atom is -0.326 e. The highest BCUT2D eigenvalue weighted by Gasteiger charge is 2.31. The maximum absolute atomic E-state index is 6.26. The van der Waals surface area contributed by atoms with Gasteiger partial charge in [0, 0.05) is 18.6 Å². The summed E-state index contributed by atoms with van der Waals surface area (Å²) in [5.41, 5.74) is 6.26. The van der Waals surface area contributed by atoms with E-state index in [1.807, 2.05) is 0 Å². The Kier molecular flexibility index (Phi) is 2.86. The zero-order valence-electron chi connectivity index (χ0n) is 8.50. The number of hydrogen-bond donors (Lipinski definition) is 2. The predicted octanol–water partition coefficient (Wildman–Crippen LogP) is 0.0174. The fourth-order valence-electron chi connectivity index (χ4n) is 2.65. The first-order valence-corrected chi connectivity index (χ1v) is 5.45. The Bertz CT molecular complexity index is 166. The third kappa shape index (κ3) is 2.03. The molecular weight excluding hydrogens is 162 g/mol. The van der Waals surface area contributed by atoms with E-state index < -0.39 is 0 Å². The van der Waals surface area contributed by atoms with E-state index in [4.69, 9.17) is 5.73 Å². The zero-order chi connectivity index (χ0) is 9.26. The van der Waals surface area contributed by atoms with Gasteiger partial charge in [-0.1, -0.05) is 0 Å². The molecule has 0 aromatic carbocycles. The summed E-state index contributed by atoms with van der Waals surface area (Å²) in [6.07, 6.45) is 3.87. The van der Waals surface area contributed by atoms with Gasteiger partial charge >= 0.3 is 0 Å². The number of hydrogen-bond acceptors (Lipinski definition) is 3. The zero-order valence-corrected chi connectivity index (χ0v) is 8.50. The van der Waals surface area contributed by atoms with Crippen LogP contribution in [0.4, 0.5) is 0 Å². The topological polar surface area (TPSA) is 41.3 Å². The maximum Gasteiger partial charge on any atom is 0.0235 e. The molecule has 0 bridgehead atoms. The lowest BCUT2D eigenvalue weighted by Crippen LogP contribution is -2.46. The fraction of sp³-hybridized carbons (Fsp3) is 1.00. The Morgan fingerprint density at radius 1 is 1.46 bits per heavy atom. The minimum absolute atomic E-state index is 0.382. The maximum atomic E-state index is 6.26. The van der Waals surface area contributed by atoms with E-state index in [1.54, 1.807) is 0 Å². The van der Waals surface area contributed by atoms with Gasteiger partial charge in [0.15, 0.2) is 0 Å². The van der Waals surface area contributed by atoms with Crippen LogP contribution >= 0.6 is 0 Å². The Labute approximate surface area is 80.7 Å². The molecule has 2 saturated heterocycles. The van der Waals surface area contributed by atoms with Crippen LogP contribution in [0.2, 0.25) is 0 Å². The molecule has 0 spiro atoms. The van der Waals surface area contributed by atoms with Crippen LogP contribution in [-0.2, 0) is 0 Å². The predicted molar refractivity (Wildman–Crippen MR) is 54.6 cm³/mol. The van der Waals surface area contributed by atoms with Gasteiger partial charge in [0.05, 0.1) is 0 Å². The van der Waals surface area contributed by atoms with Gasteiger partial charge in [0.2, 0.25) is 0 Å². The molecule has 2 rings (SSSR count). The first-order valence-electron chi connectivity index (χ1n) is 5.45. The summed E-state index contributed by atoms with van der Waals surface area (Å²) in [6.45, 7) is 3.59. The van der Waals surface area contributed by atoms with Crippen molar-refractivity contribution in [3.63, 3.8) is 0 Å². The van der Waals surface area contributed by atoms with Crippen molar-refractivity contribution < 1.29 is 0 Å². The van der Waals surface area contributed by atoms with Crippen molar-refractivity contribution in [1.82, 2.24) is 10.2 Å². The van der Waals surface area contributed by atoms with Gasteiger partial charge in [-0.2, -0.15) is 0 Å². The lowest BCUT2D eigenvalue weighted by molar-refractivity contribution is 0.331. The third-order valence-electron chi connectivity index (χ3n) is 3.54. The molecule has 0 amide bonds. The van der Waals surface area contributed by atoms with E-state index in [0.717, 1.165) is 5.92 Å². The minimum atomic E-state index is 0.382. The number of nitrogens with zero attached hydrogens (tertiary/aromatic N) is 1. The van der Waals surface area contributed by atoms with Crippen LogP contribution in [0.25, 0.3) is 0 Å². The van der Waals surface area contributed by atoms with E-state index in [2.05, 4.69) is 17.3 Å². The normalized spacial score (nSPS) is 38.3. The van der Waals surface area contributed by atoms with Crippen molar-refractivity contribution in [3.05, 3.63) is 0 Å². The Hall–Kier alpha value is -0.120. The Morgan fingerprint density at radius 2 is 2.31 bits per heavy atom. The van der Waals surface area contributed by atoms with E-state index in [0.29, 0.717) is 12.1 Å². The molecule has 76 valence electrons. The molecule has 0 saturated carbocycles. The molecule has 3 unspecified atom stereocenters. The van der Waals surface area contributed by atoms with Crippen LogP contribution in [0.15, 0.2) is 0 Å². The molecule has 3 heteroatoms. The first kappa shape index (κ1) is 9.44. The van der Waals surface area contributed by atoms with Crippen molar-refractivity contribution >= 4 is 0 Å². The second kappa shape index (κ2) is 3.95. The van der Waals surface area contributed by atoms with Gasteiger partial charge in [0.25, 0.3) is 0 Å². The van der Waals surface area contributed by atoms with Crippen molar-refractivity contribution in [3.8, 4) is 0 Å². The molecule has 3 nitrogen and oxygen atoms in total. The lowest BCUT2D eigenvalue weighted by atomic mass is 9.92. The molecule has 2 fully saturated rings. The summed E-state index contributed by atoms with van der Waals surface area (Å²) in [6, 6.07) is 0.976. The first-order chi connectivity index (χ1) is 6.27. The molecule has 0 aliphatic carbocycles. The second-order valence-electron chi connectivity index (χ2n) is 4.59. The second-order valence-corrected chi connectivity index (χ2v) is 4.59. The van der Waals surface area contributed by atoms with Crippen LogP contribution in [0, 0.1) is 5.92 Å². The highest BCUT2D eigenvalue weighted by molar-refractivity contribution is 4.92.